The van der Waals surface area contributed by atoms with Crippen LogP contribution in [0.4, 0.5) is 0 Å². The molecule has 1 saturated carbocycles. The van der Waals surface area contributed by atoms with Crippen molar-refractivity contribution in [2.45, 2.75) is 45.3 Å². The Balaban J connectivity index is 2.20. The molecule has 1 aliphatic carbocycles. The molecule has 4 unspecified atom stereocenters. The van der Waals surface area contributed by atoms with Crippen LogP contribution in [0.25, 0.3) is 0 Å². The molecular weight excluding hydrogens is 180 g/mol. The lowest BCUT2D eigenvalue weighted by molar-refractivity contribution is -0.0516. The van der Waals surface area contributed by atoms with E-state index < -0.39 is 6.10 Å². The van der Waals surface area contributed by atoms with Crippen molar-refractivity contribution in [3.8, 4) is 0 Å². The minimum absolute atomic E-state index is 0.210. The van der Waals surface area contributed by atoms with Crippen molar-refractivity contribution in [3.63, 3.8) is 0 Å². The lowest BCUT2D eigenvalue weighted by Crippen LogP contribution is -2.30. The van der Waals surface area contributed by atoms with Gasteiger partial charge in [-0.2, -0.15) is 0 Å². The maximum Gasteiger partial charge on any atom is 0.100 e. The smallest absolute Gasteiger partial charge is 0.100 e. The third-order valence-corrected chi connectivity index (χ3v) is 3.29. The van der Waals surface area contributed by atoms with Gasteiger partial charge in [-0.3, -0.25) is 0 Å². The lowest BCUT2D eigenvalue weighted by Gasteiger charge is -2.32. The predicted octanol–water partition coefficient (Wildman–Crippen LogP) is 1.18. The number of aliphatic hydroxyl groups is 2. The molecule has 0 bridgehead atoms. The van der Waals surface area contributed by atoms with E-state index in [1.54, 1.807) is 0 Å². The molecule has 0 radical (unpaired) electrons. The van der Waals surface area contributed by atoms with Crippen LogP contribution in [0.2, 0.25) is 0 Å². The van der Waals surface area contributed by atoms with Crippen molar-refractivity contribution >= 4 is 0 Å². The van der Waals surface area contributed by atoms with E-state index in [1.807, 2.05) is 0 Å². The summed E-state index contributed by atoms with van der Waals surface area (Å²) in [6.45, 7) is 4.59. The number of hydrogen-bond acceptors (Lipinski definition) is 3. The Morgan fingerprint density at radius 3 is 2.57 bits per heavy atom. The first-order valence-electron chi connectivity index (χ1n) is 5.54. The third-order valence-electron chi connectivity index (χ3n) is 3.29. The molecule has 3 nitrogen and oxygen atoms in total. The van der Waals surface area contributed by atoms with E-state index in [-0.39, 0.29) is 19.3 Å². The summed E-state index contributed by atoms with van der Waals surface area (Å²) in [6.07, 6.45) is 2.94. The molecule has 4 atom stereocenters. The van der Waals surface area contributed by atoms with Crippen LogP contribution in [0.1, 0.15) is 33.1 Å². The van der Waals surface area contributed by atoms with Gasteiger partial charge in [0.25, 0.3) is 0 Å². The lowest BCUT2D eigenvalue weighted by atomic mass is 9.80. The zero-order valence-electron chi connectivity index (χ0n) is 9.15. The Kier molecular flexibility index (Phi) is 4.85. The van der Waals surface area contributed by atoms with Gasteiger partial charge < -0.3 is 14.9 Å². The molecule has 1 aliphatic rings. The van der Waals surface area contributed by atoms with Crippen LogP contribution in [-0.2, 0) is 4.74 Å². The molecular formula is C11H22O3. The van der Waals surface area contributed by atoms with E-state index in [0.29, 0.717) is 5.92 Å². The quantitative estimate of drug-likeness (QED) is 0.719. The predicted molar refractivity (Wildman–Crippen MR) is 55.0 cm³/mol. The standard InChI is InChI=1S/C11H22O3/c1-8-3-4-11(5-9(8)2)14-7-10(13)6-12/h8-13H,3-7H2,1-2H3. The SMILES string of the molecule is CC1CCC(OCC(O)CO)CC1C. The molecule has 1 fully saturated rings. The van der Waals surface area contributed by atoms with Gasteiger partial charge in [0.15, 0.2) is 0 Å². The largest absolute Gasteiger partial charge is 0.394 e. The zero-order chi connectivity index (χ0) is 10.6. The summed E-state index contributed by atoms with van der Waals surface area (Å²) >= 11 is 0. The molecule has 0 amide bonds. The van der Waals surface area contributed by atoms with Gasteiger partial charge in [-0.1, -0.05) is 13.8 Å². The molecule has 0 spiro atoms. The average Bonchev–Trinajstić information content (AvgIpc) is 2.19. The van der Waals surface area contributed by atoms with E-state index in [1.165, 1.54) is 6.42 Å². The molecule has 1 rings (SSSR count). The first-order valence-corrected chi connectivity index (χ1v) is 5.54. The van der Waals surface area contributed by atoms with Crippen molar-refractivity contribution in [2.75, 3.05) is 13.2 Å². The second-order valence-electron chi connectivity index (χ2n) is 4.56. The highest BCUT2D eigenvalue weighted by atomic mass is 16.5. The molecule has 14 heavy (non-hydrogen) atoms. The Morgan fingerprint density at radius 2 is 2.00 bits per heavy atom. The van der Waals surface area contributed by atoms with Gasteiger partial charge in [0.05, 0.1) is 19.3 Å². The van der Waals surface area contributed by atoms with Crippen molar-refractivity contribution in [3.05, 3.63) is 0 Å². The topological polar surface area (TPSA) is 49.7 Å². The van der Waals surface area contributed by atoms with Gasteiger partial charge in [0, 0.05) is 0 Å². The highest BCUT2D eigenvalue weighted by Gasteiger charge is 2.25. The Hall–Kier alpha value is -0.120. The normalized spacial score (nSPS) is 35.6. The number of ether oxygens (including phenoxy) is 1. The molecule has 0 heterocycles. The highest BCUT2D eigenvalue weighted by molar-refractivity contribution is 4.75. The summed E-state index contributed by atoms with van der Waals surface area (Å²) in [5.74, 6) is 1.50. The fourth-order valence-electron chi connectivity index (χ4n) is 1.95. The van der Waals surface area contributed by atoms with Crippen LogP contribution in [0.5, 0.6) is 0 Å². The van der Waals surface area contributed by atoms with E-state index >= 15 is 0 Å². The van der Waals surface area contributed by atoms with Crippen molar-refractivity contribution < 1.29 is 14.9 Å². The fraction of sp³-hybridized carbons (Fsp3) is 1.00. The van der Waals surface area contributed by atoms with Crippen molar-refractivity contribution in [2.24, 2.45) is 11.8 Å². The van der Waals surface area contributed by atoms with Gasteiger partial charge in [-0.25, -0.2) is 0 Å². The zero-order valence-corrected chi connectivity index (χ0v) is 9.15. The molecule has 0 aliphatic heterocycles. The number of hydrogen-bond donors (Lipinski definition) is 2. The van der Waals surface area contributed by atoms with E-state index in [2.05, 4.69) is 13.8 Å². The van der Waals surface area contributed by atoms with Gasteiger partial charge >= 0.3 is 0 Å². The average molecular weight is 202 g/mol. The fourth-order valence-corrected chi connectivity index (χ4v) is 1.95. The molecule has 0 aromatic rings. The van der Waals surface area contributed by atoms with E-state index in [0.717, 1.165) is 18.8 Å². The van der Waals surface area contributed by atoms with Gasteiger partial charge in [-0.05, 0) is 31.1 Å². The van der Waals surface area contributed by atoms with Gasteiger partial charge in [-0.15, -0.1) is 0 Å². The van der Waals surface area contributed by atoms with Gasteiger partial charge in [0.2, 0.25) is 0 Å². The highest BCUT2D eigenvalue weighted by Crippen LogP contribution is 2.30. The van der Waals surface area contributed by atoms with Crippen molar-refractivity contribution in [1.82, 2.24) is 0 Å². The maximum atomic E-state index is 9.13. The molecule has 3 heteroatoms. The maximum absolute atomic E-state index is 9.13. The van der Waals surface area contributed by atoms with Crippen LogP contribution in [-0.4, -0.2) is 35.6 Å². The first kappa shape index (κ1) is 12.0. The van der Waals surface area contributed by atoms with E-state index in [4.69, 9.17) is 14.9 Å². The molecule has 0 aromatic heterocycles. The molecule has 0 aromatic carbocycles. The van der Waals surface area contributed by atoms with Crippen LogP contribution < -0.4 is 0 Å². The first-order chi connectivity index (χ1) is 6.63. The third kappa shape index (κ3) is 3.56. The Bertz CT molecular complexity index is 161. The second-order valence-corrected chi connectivity index (χ2v) is 4.56. The summed E-state index contributed by atoms with van der Waals surface area (Å²) in [4.78, 5) is 0. The van der Waals surface area contributed by atoms with Crippen LogP contribution in [0, 0.1) is 11.8 Å². The molecule has 2 N–H and O–H groups in total. The summed E-state index contributed by atoms with van der Waals surface area (Å²) in [5, 5.41) is 17.8. The number of rotatable bonds is 4. The summed E-state index contributed by atoms with van der Waals surface area (Å²) in [5.41, 5.74) is 0. The monoisotopic (exact) mass is 202 g/mol. The van der Waals surface area contributed by atoms with E-state index in [9.17, 15) is 0 Å². The van der Waals surface area contributed by atoms with Crippen molar-refractivity contribution in [1.29, 1.82) is 0 Å². The summed E-state index contributed by atoms with van der Waals surface area (Å²) in [6, 6.07) is 0. The molecule has 84 valence electrons. The van der Waals surface area contributed by atoms with Crippen LogP contribution in [0.3, 0.4) is 0 Å². The van der Waals surface area contributed by atoms with Crippen LogP contribution >= 0.6 is 0 Å². The summed E-state index contributed by atoms with van der Waals surface area (Å²) in [7, 11) is 0. The summed E-state index contributed by atoms with van der Waals surface area (Å²) < 4.78 is 5.54. The Morgan fingerprint density at radius 1 is 1.29 bits per heavy atom. The minimum atomic E-state index is -0.718. The second kappa shape index (κ2) is 5.69. The minimum Gasteiger partial charge on any atom is -0.394 e. The van der Waals surface area contributed by atoms with Gasteiger partial charge in [0.1, 0.15) is 6.10 Å². The number of aliphatic hydroxyl groups excluding tert-OH is 2. The van der Waals surface area contributed by atoms with Crippen LogP contribution in [0.15, 0.2) is 0 Å². The molecule has 0 saturated heterocycles. The Labute approximate surface area is 86.1 Å².